The highest BCUT2D eigenvalue weighted by Gasteiger charge is 2.13. The van der Waals surface area contributed by atoms with E-state index in [-0.39, 0.29) is 5.78 Å². The third-order valence-corrected chi connectivity index (χ3v) is 3.59. The summed E-state index contributed by atoms with van der Waals surface area (Å²) in [6.45, 7) is 0. The summed E-state index contributed by atoms with van der Waals surface area (Å²) in [4.78, 5) is 15.6. The Kier molecular flexibility index (Phi) is 2.91. The Morgan fingerprint density at radius 2 is 1.89 bits per heavy atom. The molecule has 0 aliphatic rings. The summed E-state index contributed by atoms with van der Waals surface area (Å²) in [6.07, 6.45) is 1.78. The molecule has 0 aliphatic carbocycles. The van der Waals surface area contributed by atoms with Gasteiger partial charge in [-0.15, -0.1) is 0 Å². The zero-order chi connectivity index (χ0) is 12.5. The first kappa shape index (κ1) is 11.5. The van der Waals surface area contributed by atoms with Crippen LogP contribution in [0.5, 0.6) is 0 Å². The van der Waals surface area contributed by atoms with Crippen molar-refractivity contribution in [3.8, 4) is 0 Å². The Morgan fingerprint density at radius 3 is 2.72 bits per heavy atom. The number of carbonyl (C=O) groups is 1. The van der Waals surface area contributed by atoms with Gasteiger partial charge in [0.2, 0.25) is 0 Å². The molecule has 2 nitrogen and oxygen atoms in total. The number of hydrogen-bond acceptors (Lipinski definition) is 1. The molecule has 0 unspecified atom stereocenters. The number of benzene rings is 2. The normalized spacial score (nSPS) is 10.7. The lowest BCUT2D eigenvalue weighted by Gasteiger charge is -2.00. The molecule has 0 atom stereocenters. The number of hydrogen-bond donors (Lipinski definition) is 1. The van der Waals surface area contributed by atoms with Gasteiger partial charge in [-0.1, -0.05) is 30.3 Å². The van der Waals surface area contributed by atoms with Crippen molar-refractivity contribution < 1.29 is 4.79 Å². The highest BCUT2D eigenvalue weighted by molar-refractivity contribution is 14.1. The first-order chi connectivity index (χ1) is 8.75. The molecular weight excluding hydrogens is 337 g/mol. The van der Waals surface area contributed by atoms with Crippen LogP contribution in [0.4, 0.5) is 0 Å². The zero-order valence-corrected chi connectivity index (χ0v) is 11.6. The number of H-pyrrole nitrogens is 1. The van der Waals surface area contributed by atoms with Crippen LogP contribution in [0.25, 0.3) is 10.9 Å². The van der Waals surface area contributed by atoms with E-state index < -0.39 is 0 Å². The number of rotatable bonds is 2. The highest BCUT2D eigenvalue weighted by atomic mass is 127. The number of para-hydroxylation sites is 1. The van der Waals surface area contributed by atoms with Crippen LogP contribution in [0.3, 0.4) is 0 Å². The highest BCUT2D eigenvalue weighted by Crippen LogP contribution is 2.21. The summed E-state index contributed by atoms with van der Waals surface area (Å²) in [7, 11) is 0. The van der Waals surface area contributed by atoms with Crippen molar-refractivity contribution >= 4 is 39.3 Å². The van der Waals surface area contributed by atoms with Gasteiger partial charge < -0.3 is 4.98 Å². The van der Waals surface area contributed by atoms with E-state index in [0.29, 0.717) is 0 Å². The standard InChI is InChI=1S/C15H10INO/c16-11-5-3-4-10(8-11)15(18)13-9-17-14-7-2-1-6-12(13)14/h1-9,17H. The zero-order valence-electron chi connectivity index (χ0n) is 9.48. The van der Waals surface area contributed by atoms with Crippen LogP contribution < -0.4 is 0 Å². The maximum absolute atomic E-state index is 12.5. The largest absolute Gasteiger partial charge is 0.360 e. The molecule has 1 aromatic heterocycles. The number of halogens is 1. The molecule has 0 bridgehead atoms. The van der Waals surface area contributed by atoms with E-state index in [2.05, 4.69) is 27.6 Å². The van der Waals surface area contributed by atoms with Gasteiger partial charge >= 0.3 is 0 Å². The molecule has 3 aromatic rings. The van der Waals surface area contributed by atoms with Gasteiger partial charge in [-0.2, -0.15) is 0 Å². The van der Waals surface area contributed by atoms with E-state index in [4.69, 9.17) is 0 Å². The van der Waals surface area contributed by atoms with Gasteiger partial charge in [-0.05, 0) is 40.8 Å². The SMILES string of the molecule is O=C(c1cccc(I)c1)c1c[nH]c2ccccc12. The summed E-state index contributed by atoms with van der Waals surface area (Å²) in [5.41, 5.74) is 2.45. The molecule has 88 valence electrons. The molecular formula is C15H10INO. The Balaban J connectivity index is 2.12. The number of fused-ring (bicyclic) bond motifs is 1. The molecule has 0 radical (unpaired) electrons. The van der Waals surface area contributed by atoms with E-state index in [9.17, 15) is 4.79 Å². The van der Waals surface area contributed by atoms with Gasteiger partial charge in [-0.3, -0.25) is 4.79 Å². The van der Waals surface area contributed by atoms with Crippen molar-refractivity contribution in [3.05, 3.63) is 69.4 Å². The minimum Gasteiger partial charge on any atom is -0.360 e. The summed E-state index contributed by atoms with van der Waals surface area (Å²) >= 11 is 2.21. The molecule has 0 saturated heterocycles. The lowest BCUT2D eigenvalue weighted by Crippen LogP contribution is -2.00. The van der Waals surface area contributed by atoms with E-state index >= 15 is 0 Å². The number of carbonyl (C=O) groups excluding carboxylic acids is 1. The number of aromatic amines is 1. The quantitative estimate of drug-likeness (QED) is 0.552. The van der Waals surface area contributed by atoms with Gasteiger partial charge in [0, 0.05) is 31.8 Å². The van der Waals surface area contributed by atoms with Crippen LogP contribution in [-0.2, 0) is 0 Å². The molecule has 3 rings (SSSR count). The van der Waals surface area contributed by atoms with Crippen LogP contribution in [-0.4, -0.2) is 10.8 Å². The van der Waals surface area contributed by atoms with Crippen molar-refractivity contribution in [2.75, 3.05) is 0 Å². The van der Waals surface area contributed by atoms with Crippen molar-refractivity contribution in [1.29, 1.82) is 0 Å². The average Bonchev–Trinajstić information content (AvgIpc) is 2.82. The Hall–Kier alpha value is -1.62. The smallest absolute Gasteiger partial charge is 0.195 e. The van der Waals surface area contributed by atoms with E-state index in [1.807, 2.05) is 48.5 Å². The van der Waals surface area contributed by atoms with Crippen LogP contribution in [0, 0.1) is 3.57 Å². The monoisotopic (exact) mass is 347 g/mol. The molecule has 1 N–H and O–H groups in total. The van der Waals surface area contributed by atoms with Crippen molar-refractivity contribution in [3.63, 3.8) is 0 Å². The second-order valence-electron chi connectivity index (χ2n) is 4.09. The Labute approximate surface area is 118 Å². The molecule has 18 heavy (non-hydrogen) atoms. The van der Waals surface area contributed by atoms with E-state index in [1.54, 1.807) is 6.20 Å². The van der Waals surface area contributed by atoms with Crippen LogP contribution in [0.15, 0.2) is 54.7 Å². The predicted molar refractivity (Wildman–Crippen MR) is 80.9 cm³/mol. The van der Waals surface area contributed by atoms with Crippen molar-refractivity contribution in [2.45, 2.75) is 0 Å². The molecule has 0 amide bonds. The van der Waals surface area contributed by atoms with Crippen molar-refractivity contribution in [1.82, 2.24) is 4.98 Å². The maximum Gasteiger partial charge on any atom is 0.195 e. The summed E-state index contributed by atoms with van der Waals surface area (Å²) in [5.74, 6) is 0.0611. The van der Waals surface area contributed by atoms with E-state index in [0.717, 1.165) is 25.6 Å². The Morgan fingerprint density at radius 1 is 1.06 bits per heavy atom. The van der Waals surface area contributed by atoms with E-state index in [1.165, 1.54) is 0 Å². The van der Waals surface area contributed by atoms with Crippen molar-refractivity contribution in [2.24, 2.45) is 0 Å². The predicted octanol–water partition coefficient (Wildman–Crippen LogP) is 4.00. The van der Waals surface area contributed by atoms with Crippen LogP contribution in [0.1, 0.15) is 15.9 Å². The molecule has 3 heteroatoms. The fourth-order valence-electron chi connectivity index (χ4n) is 2.04. The first-order valence-electron chi connectivity index (χ1n) is 5.62. The van der Waals surface area contributed by atoms with Gasteiger partial charge in [0.25, 0.3) is 0 Å². The molecule has 0 spiro atoms. The molecule has 0 aliphatic heterocycles. The summed E-state index contributed by atoms with van der Waals surface area (Å²) < 4.78 is 1.07. The fourth-order valence-corrected chi connectivity index (χ4v) is 2.59. The number of nitrogens with one attached hydrogen (secondary N) is 1. The maximum atomic E-state index is 12.5. The number of aromatic nitrogens is 1. The molecule has 2 aromatic carbocycles. The second-order valence-corrected chi connectivity index (χ2v) is 5.33. The average molecular weight is 347 g/mol. The number of ketones is 1. The van der Waals surface area contributed by atoms with Gasteiger partial charge in [-0.25, -0.2) is 0 Å². The molecule has 0 saturated carbocycles. The lowest BCUT2D eigenvalue weighted by atomic mass is 10.0. The minimum absolute atomic E-state index is 0.0611. The third kappa shape index (κ3) is 1.95. The van der Waals surface area contributed by atoms with Crippen LogP contribution >= 0.6 is 22.6 Å². The third-order valence-electron chi connectivity index (χ3n) is 2.92. The summed E-state index contributed by atoms with van der Waals surface area (Å²) in [5, 5.41) is 0.973. The minimum atomic E-state index is 0.0611. The van der Waals surface area contributed by atoms with Crippen LogP contribution in [0.2, 0.25) is 0 Å². The summed E-state index contributed by atoms with van der Waals surface area (Å²) in [6, 6.07) is 15.5. The second kappa shape index (κ2) is 4.57. The fraction of sp³-hybridized carbons (Fsp3) is 0. The first-order valence-corrected chi connectivity index (χ1v) is 6.70. The van der Waals surface area contributed by atoms with Gasteiger partial charge in [0.05, 0.1) is 0 Å². The van der Waals surface area contributed by atoms with Gasteiger partial charge in [0.1, 0.15) is 0 Å². The molecule has 1 heterocycles. The van der Waals surface area contributed by atoms with Gasteiger partial charge in [0.15, 0.2) is 5.78 Å². The topological polar surface area (TPSA) is 32.9 Å². The lowest BCUT2D eigenvalue weighted by molar-refractivity contribution is 0.104. The Bertz CT molecular complexity index is 730. The molecule has 0 fully saturated rings.